The Kier molecular flexibility index (Phi) is 16.7. The Bertz CT molecular complexity index is 1170. The Morgan fingerprint density at radius 3 is 2.29 bits per heavy atom. The van der Waals surface area contributed by atoms with E-state index in [1.54, 1.807) is 6.08 Å². The van der Waals surface area contributed by atoms with Crippen molar-refractivity contribution in [3.63, 3.8) is 0 Å². The summed E-state index contributed by atoms with van der Waals surface area (Å²) >= 11 is 0. The Morgan fingerprint density at radius 2 is 1.65 bits per heavy atom. The van der Waals surface area contributed by atoms with E-state index in [1.165, 1.54) is 26.4 Å². The number of rotatable bonds is 20. The summed E-state index contributed by atoms with van der Waals surface area (Å²) in [5.74, 6) is -0.371. The highest BCUT2D eigenvalue weighted by atomic mass is 16.8. The van der Waals surface area contributed by atoms with E-state index in [4.69, 9.17) is 33.2 Å². The molecule has 48 heavy (non-hydrogen) atoms. The molecule has 3 fully saturated rings. The highest BCUT2D eigenvalue weighted by Crippen LogP contribution is 2.34. The van der Waals surface area contributed by atoms with E-state index in [9.17, 15) is 9.59 Å². The molecule has 2 aliphatic heterocycles. The zero-order valence-electron chi connectivity index (χ0n) is 29.0. The second kappa shape index (κ2) is 21.2. The molecule has 0 bridgehead atoms. The molecule has 1 aliphatic carbocycles. The normalized spacial score (nSPS) is 24.1. The summed E-state index contributed by atoms with van der Waals surface area (Å²) in [5.41, 5.74) is 3.18. The lowest BCUT2D eigenvalue weighted by molar-refractivity contribution is -0.350. The van der Waals surface area contributed by atoms with Crippen LogP contribution in [0.3, 0.4) is 0 Å². The highest BCUT2D eigenvalue weighted by Gasteiger charge is 2.47. The maximum Gasteiger partial charge on any atom is 0.367 e. The van der Waals surface area contributed by atoms with Gasteiger partial charge in [-0.05, 0) is 94.4 Å². The van der Waals surface area contributed by atoms with E-state index >= 15 is 0 Å². The van der Waals surface area contributed by atoms with Gasteiger partial charge >= 0.3 is 5.97 Å². The first-order chi connectivity index (χ1) is 23.5. The molecule has 3 aliphatic rings. The van der Waals surface area contributed by atoms with Crippen LogP contribution in [0.4, 0.5) is 0 Å². The van der Waals surface area contributed by atoms with Gasteiger partial charge in [0.2, 0.25) is 0 Å². The van der Waals surface area contributed by atoms with Crippen LogP contribution >= 0.6 is 0 Å². The second-order valence-electron chi connectivity index (χ2n) is 12.8. The lowest BCUT2D eigenvalue weighted by Gasteiger charge is -2.38. The van der Waals surface area contributed by atoms with Crippen molar-refractivity contribution >= 4 is 11.8 Å². The SMILES string of the molecule is CCCCCCOc1cccc(OCC/C=C/[C@H]2CCC(=O)[C@@H]2CC=C=CCC(OC2CCCCO2)(OC2CCCCO2)C(=O)OC)c1. The first-order valence-corrected chi connectivity index (χ1v) is 18.1. The molecule has 0 aromatic heterocycles. The summed E-state index contributed by atoms with van der Waals surface area (Å²) in [6.07, 6.45) is 19.3. The number of Topliss-reactive ketones (excluding diaryl/α,β-unsaturated/α-hetero) is 1. The molecule has 4 rings (SSSR count). The molecule has 0 radical (unpaired) electrons. The summed E-state index contributed by atoms with van der Waals surface area (Å²) in [4.78, 5) is 25.9. The smallest absolute Gasteiger partial charge is 0.367 e. The van der Waals surface area contributed by atoms with E-state index in [0.717, 1.165) is 63.1 Å². The first-order valence-electron chi connectivity index (χ1n) is 18.1. The summed E-state index contributed by atoms with van der Waals surface area (Å²) in [6, 6.07) is 7.80. The van der Waals surface area contributed by atoms with Crippen LogP contribution in [0.2, 0.25) is 0 Å². The lowest BCUT2D eigenvalue weighted by atomic mass is 9.91. The number of hydrogen-bond acceptors (Lipinski definition) is 9. The fourth-order valence-electron chi connectivity index (χ4n) is 6.32. The fourth-order valence-corrected chi connectivity index (χ4v) is 6.32. The predicted molar refractivity (Wildman–Crippen MR) is 183 cm³/mol. The molecule has 0 spiro atoms. The number of unbranched alkanes of at least 4 members (excludes halogenated alkanes) is 3. The minimum atomic E-state index is -1.71. The number of carbonyl (C=O) groups excluding carboxylic acids is 2. The monoisotopic (exact) mass is 668 g/mol. The molecule has 0 amide bonds. The van der Waals surface area contributed by atoms with Crippen LogP contribution in [0, 0.1) is 11.8 Å². The molecule has 1 aromatic carbocycles. The predicted octanol–water partition coefficient (Wildman–Crippen LogP) is 8.01. The number of ketones is 1. The van der Waals surface area contributed by atoms with Gasteiger partial charge in [-0.15, -0.1) is 5.73 Å². The molecule has 1 saturated carbocycles. The van der Waals surface area contributed by atoms with Crippen molar-refractivity contribution in [1.82, 2.24) is 0 Å². The molecule has 1 aromatic rings. The quantitative estimate of drug-likeness (QED) is 0.0450. The van der Waals surface area contributed by atoms with Crippen LogP contribution in [0.5, 0.6) is 11.5 Å². The van der Waals surface area contributed by atoms with E-state index < -0.39 is 24.3 Å². The zero-order chi connectivity index (χ0) is 33.9. The fraction of sp³-hybridized carbons (Fsp3) is 0.667. The zero-order valence-corrected chi connectivity index (χ0v) is 29.0. The van der Waals surface area contributed by atoms with Crippen LogP contribution in [-0.2, 0) is 33.3 Å². The van der Waals surface area contributed by atoms with E-state index in [-0.39, 0.29) is 24.0 Å². The number of carbonyl (C=O) groups is 2. The van der Waals surface area contributed by atoms with E-state index in [0.29, 0.717) is 45.5 Å². The molecule has 4 atom stereocenters. The van der Waals surface area contributed by atoms with Gasteiger partial charge in [-0.3, -0.25) is 4.79 Å². The maximum atomic E-state index is 13.1. The van der Waals surface area contributed by atoms with Gasteiger partial charge in [0.1, 0.15) is 17.3 Å². The Morgan fingerprint density at radius 1 is 0.938 bits per heavy atom. The summed E-state index contributed by atoms with van der Waals surface area (Å²) < 4.78 is 41.0. The third-order valence-electron chi connectivity index (χ3n) is 9.06. The standard InChI is InChI=1S/C39H56O9/c1-3-4-5-12-26-43-32-18-16-19-33(30-32)44-27-13-8-17-31-23-24-35(40)34(31)20-7-6-11-25-39(38(41)42-2,47-36-21-9-14-28-45-36)48-37-22-10-15-29-46-37/h7-8,11,16-19,30-31,34,36-37H,3-5,9-10,12-15,20-29H2,1-2H3/b17-8+/t6?,31-,34+,36?,37?,39?/m0/s1. The van der Waals surface area contributed by atoms with Crippen molar-refractivity contribution in [1.29, 1.82) is 0 Å². The van der Waals surface area contributed by atoms with Crippen molar-refractivity contribution < 1.29 is 42.7 Å². The Balaban J connectivity index is 1.28. The molecule has 0 N–H and O–H groups in total. The van der Waals surface area contributed by atoms with Crippen molar-refractivity contribution in [3.8, 4) is 11.5 Å². The van der Waals surface area contributed by atoms with Gasteiger partial charge in [-0.25, -0.2) is 4.79 Å². The third kappa shape index (κ3) is 12.5. The number of esters is 1. The summed E-state index contributed by atoms with van der Waals surface area (Å²) in [7, 11) is 1.32. The second-order valence-corrected chi connectivity index (χ2v) is 12.8. The Hall–Kier alpha value is -2.94. The number of allylic oxidation sites excluding steroid dienone is 1. The minimum absolute atomic E-state index is 0.0752. The van der Waals surface area contributed by atoms with Gasteiger partial charge in [-0.2, -0.15) is 0 Å². The molecule has 2 saturated heterocycles. The van der Waals surface area contributed by atoms with Crippen LogP contribution in [-0.4, -0.2) is 63.7 Å². The number of ether oxygens (including phenoxy) is 7. The van der Waals surface area contributed by atoms with Gasteiger partial charge in [0.05, 0.1) is 20.3 Å². The van der Waals surface area contributed by atoms with Crippen LogP contribution in [0.15, 0.2) is 54.3 Å². The average Bonchev–Trinajstić information content (AvgIpc) is 3.46. The van der Waals surface area contributed by atoms with Crippen LogP contribution in [0.1, 0.15) is 103 Å². The van der Waals surface area contributed by atoms with E-state index in [1.807, 2.05) is 30.3 Å². The number of methoxy groups -OCH3 is 1. The third-order valence-corrected chi connectivity index (χ3v) is 9.06. The maximum absolute atomic E-state index is 13.1. The van der Waals surface area contributed by atoms with Gasteiger partial charge in [-0.1, -0.05) is 44.4 Å². The Labute approximate surface area is 287 Å². The van der Waals surface area contributed by atoms with Crippen molar-refractivity contribution in [3.05, 3.63) is 54.3 Å². The topological polar surface area (TPSA) is 98.8 Å². The number of benzene rings is 1. The van der Waals surface area contributed by atoms with Gasteiger partial charge in [0.25, 0.3) is 5.79 Å². The summed E-state index contributed by atoms with van der Waals surface area (Å²) in [5, 5.41) is 0. The molecular formula is C39H56O9. The molecule has 2 heterocycles. The van der Waals surface area contributed by atoms with E-state index in [2.05, 4.69) is 24.8 Å². The minimum Gasteiger partial charge on any atom is -0.493 e. The molecular weight excluding hydrogens is 612 g/mol. The first kappa shape index (κ1) is 37.9. The van der Waals surface area contributed by atoms with Crippen molar-refractivity contribution in [2.45, 2.75) is 122 Å². The summed E-state index contributed by atoms with van der Waals surface area (Å²) in [6.45, 7) is 4.61. The van der Waals surface area contributed by atoms with Gasteiger partial charge in [0.15, 0.2) is 12.6 Å². The van der Waals surface area contributed by atoms with Crippen molar-refractivity contribution in [2.75, 3.05) is 33.5 Å². The average molecular weight is 669 g/mol. The van der Waals surface area contributed by atoms with Crippen LogP contribution in [0.25, 0.3) is 0 Å². The largest absolute Gasteiger partial charge is 0.493 e. The van der Waals surface area contributed by atoms with Crippen LogP contribution < -0.4 is 9.47 Å². The molecule has 9 nitrogen and oxygen atoms in total. The highest BCUT2D eigenvalue weighted by molar-refractivity contribution is 5.83. The number of hydrogen-bond donors (Lipinski definition) is 0. The van der Waals surface area contributed by atoms with Crippen molar-refractivity contribution in [2.24, 2.45) is 11.8 Å². The van der Waals surface area contributed by atoms with Gasteiger partial charge in [0, 0.05) is 38.0 Å². The lowest BCUT2D eigenvalue weighted by Crippen LogP contribution is -2.51. The molecule has 9 heteroatoms. The van der Waals surface area contributed by atoms with Gasteiger partial charge < -0.3 is 33.2 Å². The molecule has 266 valence electrons. The molecule has 2 unspecified atom stereocenters.